The third-order valence-electron chi connectivity index (χ3n) is 3.34. The number of nitrogens with one attached hydrogen (secondary N) is 1. The molecule has 2 aromatic heterocycles. The topological polar surface area (TPSA) is 85.6 Å². The summed E-state index contributed by atoms with van der Waals surface area (Å²) in [5, 5.41) is 17.3. The maximum absolute atomic E-state index is 12.3. The lowest BCUT2D eigenvalue weighted by molar-refractivity contribution is -0.115. The van der Waals surface area contributed by atoms with E-state index in [1.54, 1.807) is 10.9 Å². The van der Waals surface area contributed by atoms with Crippen LogP contribution in [-0.4, -0.2) is 36.3 Å². The summed E-state index contributed by atoms with van der Waals surface area (Å²) in [7, 11) is 0. The highest BCUT2D eigenvalue weighted by atomic mass is 32.2. The molecule has 0 radical (unpaired) electrons. The second-order valence-corrected chi connectivity index (χ2v) is 7.45. The number of hydrogen-bond donors (Lipinski definition) is 1. The van der Waals surface area contributed by atoms with E-state index >= 15 is 0 Å². The van der Waals surface area contributed by atoms with Crippen LogP contribution in [0.1, 0.15) is 18.1 Å². The van der Waals surface area contributed by atoms with E-state index in [2.05, 4.69) is 31.9 Å². The maximum atomic E-state index is 12.3. The van der Waals surface area contributed by atoms with E-state index in [9.17, 15) is 4.79 Å². The zero-order chi connectivity index (χ0) is 17.1. The molecule has 0 aliphatic heterocycles. The lowest BCUT2D eigenvalue weighted by Crippen LogP contribution is -2.22. The van der Waals surface area contributed by atoms with Crippen molar-refractivity contribution in [3.63, 3.8) is 0 Å². The van der Waals surface area contributed by atoms with Crippen LogP contribution in [0.2, 0.25) is 0 Å². The number of aryl methyl sites for hydroxylation is 2. The van der Waals surface area contributed by atoms with Crippen molar-refractivity contribution in [3.05, 3.63) is 40.9 Å². The molecule has 0 aliphatic carbocycles. The number of nitrogens with zero attached hydrogens (tertiary/aromatic N) is 5. The van der Waals surface area contributed by atoms with Gasteiger partial charge in [-0.25, -0.2) is 4.98 Å². The van der Waals surface area contributed by atoms with Gasteiger partial charge in [-0.05, 0) is 42.8 Å². The van der Waals surface area contributed by atoms with E-state index in [4.69, 9.17) is 0 Å². The summed E-state index contributed by atoms with van der Waals surface area (Å²) in [4.78, 5) is 16.3. The van der Waals surface area contributed by atoms with Crippen LogP contribution in [-0.2, 0) is 4.79 Å². The van der Waals surface area contributed by atoms with Crippen molar-refractivity contribution in [3.8, 4) is 5.69 Å². The van der Waals surface area contributed by atoms with Crippen LogP contribution in [0.15, 0.2) is 34.9 Å². The van der Waals surface area contributed by atoms with E-state index in [0.29, 0.717) is 10.3 Å². The Balaban J connectivity index is 1.76. The van der Waals surface area contributed by atoms with Gasteiger partial charge in [0.1, 0.15) is 0 Å². The molecule has 1 aromatic carbocycles. The summed E-state index contributed by atoms with van der Waals surface area (Å²) in [6, 6.07) is 6.06. The first-order valence-corrected chi connectivity index (χ1v) is 9.03. The standard InChI is InChI=1S/C15H16N6OS2/c1-9-4-5-12(10(2)8-9)21-15(18-19-20-21)24-11(3)13(22)17-14-16-6-7-23-14/h4-8,11H,1-3H3,(H,16,17,22)/t11-/m1/s1. The van der Waals surface area contributed by atoms with Crippen LogP contribution in [0.5, 0.6) is 0 Å². The third kappa shape index (κ3) is 3.62. The maximum Gasteiger partial charge on any atom is 0.239 e. The quantitative estimate of drug-likeness (QED) is 0.704. The number of rotatable bonds is 5. The molecule has 0 saturated carbocycles. The van der Waals surface area contributed by atoms with E-state index < -0.39 is 0 Å². The number of thioether (sulfide) groups is 1. The number of hydrogen-bond acceptors (Lipinski definition) is 7. The van der Waals surface area contributed by atoms with Crippen LogP contribution in [0, 0.1) is 13.8 Å². The molecule has 2 heterocycles. The Kier molecular flexibility index (Phi) is 4.91. The zero-order valence-electron chi connectivity index (χ0n) is 13.4. The van der Waals surface area contributed by atoms with Crippen LogP contribution >= 0.6 is 23.1 Å². The molecule has 0 fully saturated rings. The average Bonchev–Trinajstić information content (AvgIpc) is 3.19. The second-order valence-electron chi connectivity index (χ2n) is 5.25. The zero-order valence-corrected chi connectivity index (χ0v) is 15.1. The van der Waals surface area contributed by atoms with Crippen molar-refractivity contribution in [1.29, 1.82) is 0 Å². The predicted octanol–water partition coefficient (Wildman–Crippen LogP) is 2.85. The SMILES string of the molecule is Cc1ccc(-n2nnnc2S[C@H](C)C(=O)Nc2nccs2)c(C)c1. The number of anilines is 1. The highest BCUT2D eigenvalue weighted by Gasteiger charge is 2.20. The van der Waals surface area contributed by atoms with Crippen LogP contribution < -0.4 is 5.32 Å². The molecule has 7 nitrogen and oxygen atoms in total. The normalized spacial score (nSPS) is 12.1. The number of carbonyl (C=O) groups is 1. The van der Waals surface area contributed by atoms with Gasteiger partial charge >= 0.3 is 0 Å². The van der Waals surface area contributed by atoms with Crippen molar-refractivity contribution in [2.75, 3.05) is 5.32 Å². The Bertz CT molecular complexity index is 846. The van der Waals surface area contributed by atoms with Gasteiger partial charge in [0, 0.05) is 11.6 Å². The number of amides is 1. The lowest BCUT2D eigenvalue weighted by atomic mass is 10.1. The molecule has 1 atom stereocenters. The fourth-order valence-corrected chi connectivity index (χ4v) is 3.48. The molecule has 0 bridgehead atoms. The molecule has 3 aromatic rings. The molecule has 9 heteroatoms. The molecule has 124 valence electrons. The number of benzene rings is 1. The lowest BCUT2D eigenvalue weighted by Gasteiger charge is -2.11. The molecule has 0 unspecified atom stereocenters. The van der Waals surface area contributed by atoms with E-state index in [1.165, 1.54) is 28.7 Å². The van der Waals surface area contributed by atoms with Gasteiger partial charge in [0.2, 0.25) is 11.1 Å². The van der Waals surface area contributed by atoms with Crippen molar-refractivity contribution in [2.45, 2.75) is 31.2 Å². The van der Waals surface area contributed by atoms with Crippen molar-refractivity contribution < 1.29 is 4.79 Å². The molecular formula is C15H16N6OS2. The molecule has 0 spiro atoms. The largest absolute Gasteiger partial charge is 0.301 e. The first-order chi connectivity index (χ1) is 11.5. The Morgan fingerprint density at radius 1 is 1.38 bits per heavy atom. The number of carbonyl (C=O) groups excluding carboxylic acids is 1. The van der Waals surface area contributed by atoms with Gasteiger partial charge in [0.25, 0.3) is 0 Å². The Labute approximate surface area is 147 Å². The first-order valence-electron chi connectivity index (χ1n) is 7.27. The Morgan fingerprint density at radius 3 is 2.92 bits per heavy atom. The summed E-state index contributed by atoms with van der Waals surface area (Å²) in [5.41, 5.74) is 3.15. The molecule has 24 heavy (non-hydrogen) atoms. The minimum atomic E-state index is -0.357. The van der Waals surface area contributed by atoms with E-state index in [-0.39, 0.29) is 11.2 Å². The molecule has 0 aliphatic rings. The Hall–Kier alpha value is -2.26. The summed E-state index contributed by atoms with van der Waals surface area (Å²) >= 11 is 2.69. The fourth-order valence-electron chi connectivity index (χ4n) is 2.15. The monoisotopic (exact) mass is 360 g/mol. The minimum absolute atomic E-state index is 0.134. The van der Waals surface area contributed by atoms with Gasteiger partial charge in [-0.1, -0.05) is 29.5 Å². The summed E-state index contributed by atoms with van der Waals surface area (Å²) in [5.74, 6) is -0.134. The van der Waals surface area contributed by atoms with Crippen molar-refractivity contribution in [1.82, 2.24) is 25.2 Å². The molecular weight excluding hydrogens is 344 g/mol. The summed E-state index contributed by atoms with van der Waals surface area (Å²) in [6.45, 7) is 5.86. The van der Waals surface area contributed by atoms with Crippen molar-refractivity contribution >= 4 is 34.1 Å². The van der Waals surface area contributed by atoms with Gasteiger partial charge in [-0.15, -0.1) is 16.4 Å². The van der Waals surface area contributed by atoms with Crippen molar-refractivity contribution in [2.24, 2.45) is 0 Å². The van der Waals surface area contributed by atoms with Gasteiger partial charge < -0.3 is 5.32 Å². The molecule has 3 rings (SSSR count). The minimum Gasteiger partial charge on any atom is -0.301 e. The number of aromatic nitrogens is 5. The van der Waals surface area contributed by atoms with Gasteiger partial charge in [0.05, 0.1) is 10.9 Å². The van der Waals surface area contributed by atoms with E-state index in [1.807, 2.05) is 38.3 Å². The number of thiazole rings is 1. The highest BCUT2D eigenvalue weighted by Crippen LogP contribution is 2.25. The average molecular weight is 360 g/mol. The van der Waals surface area contributed by atoms with Crippen LogP contribution in [0.3, 0.4) is 0 Å². The number of tetrazole rings is 1. The van der Waals surface area contributed by atoms with Gasteiger partial charge in [0.15, 0.2) is 5.13 Å². The highest BCUT2D eigenvalue weighted by molar-refractivity contribution is 8.00. The third-order valence-corrected chi connectivity index (χ3v) is 5.06. The molecule has 1 N–H and O–H groups in total. The molecule has 0 saturated heterocycles. The van der Waals surface area contributed by atoms with E-state index in [0.717, 1.165) is 11.3 Å². The van der Waals surface area contributed by atoms with Gasteiger partial charge in [-0.3, -0.25) is 4.79 Å². The summed E-state index contributed by atoms with van der Waals surface area (Å²) in [6.07, 6.45) is 1.65. The second kappa shape index (κ2) is 7.10. The predicted molar refractivity (Wildman–Crippen MR) is 94.7 cm³/mol. The van der Waals surface area contributed by atoms with Gasteiger partial charge in [-0.2, -0.15) is 4.68 Å². The molecule has 1 amide bonds. The summed E-state index contributed by atoms with van der Waals surface area (Å²) < 4.78 is 1.66. The fraction of sp³-hybridized carbons (Fsp3) is 0.267. The van der Waals surface area contributed by atoms with Crippen LogP contribution in [0.4, 0.5) is 5.13 Å². The Morgan fingerprint density at radius 2 is 2.21 bits per heavy atom. The first kappa shape index (κ1) is 16.6. The van der Waals surface area contributed by atoms with Crippen LogP contribution in [0.25, 0.3) is 5.69 Å². The smallest absolute Gasteiger partial charge is 0.239 e.